The Hall–Kier alpha value is -2.94. The minimum atomic E-state index is -0.279. The number of Topliss-reactive ketones (excluding diaryl/α,β-unsaturated/α-hetero) is 1. The molecule has 0 aliphatic rings. The van der Waals surface area contributed by atoms with Crippen LogP contribution in [0.4, 0.5) is 10.1 Å². The molecule has 3 heteroatoms. The number of hydrogen-bond acceptors (Lipinski definition) is 2. The molecule has 0 aromatic heterocycles. The lowest BCUT2D eigenvalue weighted by Gasteiger charge is -2.23. The van der Waals surface area contributed by atoms with Gasteiger partial charge in [-0.1, -0.05) is 76.2 Å². The predicted molar refractivity (Wildman–Crippen MR) is 123 cm³/mol. The van der Waals surface area contributed by atoms with Crippen LogP contribution < -0.4 is 5.32 Å². The van der Waals surface area contributed by atoms with E-state index in [2.05, 4.69) is 57.3 Å². The molecule has 0 spiro atoms. The number of rotatable bonds is 7. The van der Waals surface area contributed by atoms with Crippen molar-refractivity contribution < 1.29 is 9.18 Å². The number of benzene rings is 3. The standard InChI is InChI=1S/C27H30FNO/c1-5-19-6-8-21(9-7-19)26(30)18-25(29-24-16-14-23(28)15-17-24)20-10-12-22(13-11-20)27(2,3)4/h6-17,25,29H,5,18H2,1-4H3. The lowest BCUT2D eigenvalue weighted by Crippen LogP contribution is -2.17. The first kappa shape index (κ1) is 21.8. The molecule has 0 fully saturated rings. The molecule has 1 atom stereocenters. The van der Waals surface area contributed by atoms with Gasteiger partial charge in [-0.15, -0.1) is 0 Å². The third-order valence-corrected chi connectivity index (χ3v) is 5.44. The number of hydrogen-bond donors (Lipinski definition) is 1. The van der Waals surface area contributed by atoms with Crippen molar-refractivity contribution in [2.24, 2.45) is 0 Å². The summed E-state index contributed by atoms with van der Waals surface area (Å²) in [6.45, 7) is 8.64. The van der Waals surface area contributed by atoms with E-state index in [9.17, 15) is 9.18 Å². The Morgan fingerprint density at radius 3 is 2.03 bits per heavy atom. The number of halogens is 1. The average Bonchev–Trinajstić information content (AvgIpc) is 2.74. The summed E-state index contributed by atoms with van der Waals surface area (Å²) in [4.78, 5) is 13.0. The molecule has 30 heavy (non-hydrogen) atoms. The third-order valence-electron chi connectivity index (χ3n) is 5.44. The van der Waals surface area contributed by atoms with Crippen molar-refractivity contribution in [3.63, 3.8) is 0 Å². The quantitative estimate of drug-likeness (QED) is 0.426. The van der Waals surface area contributed by atoms with Gasteiger partial charge in [0.1, 0.15) is 5.82 Å². The first-order valence-electron chi connectivity index (χ1n) is 10.5. The van der Waals surface area contributed by atoms with Gasteiger partial charge in [-0.3, -0.25) is 4.79 Å². The summed E-state index contributed by atoms with van der Waals surface area (Å²) in [5, 5.41) is 3.42. The highest BCUT2D eigenvalue weighted by Crippen LogP contribution is 2.28. The van der Waals surface area contributed by atoms with E-state index in [-0.39, 0.29) is 23.1 Å². The fraction of sp³-hybridized carbons (Fsp3) is 0.296. The van der Waals surface area contributed by atoms with Crippen LogP contribution in [0.25, 0.3) is 0 Å². The second kappa shape index (κ2) is 9.25. The highest BCUT2D eigenvalue weighted by molar-refractivity contribution is 5.96. The van der Waals surface area contributed by atoms with Crippen LogP contribution in [0.2, 0.25) is 0 Å². The molecule has 3 aromatic carbocycles. The van der Waals surface area contributed by atoms with Crippen LogP contribution in [0.15, 0.2) is 72.8 Å². The van der Waals surface area contributed by atoms with Crippen LogP contribution in [0.1, 0.15) is 67.2 Å². The summed E-state index contributed by atoms with van der Waals surface area (Å²) in [6, 6.07) is 22.3. The van der Waals surface area contributed by atoms with Crippen molar-refractivity contribution in [3.8, 4) is 0 Å². The van der Waals surface area contributed by atoms with E-state index in [1.807, 2.05) is 24.3 Å². The molecule has 0 aliphatic heterocycles. The van der Waals surface area contributed by atoms with Crippen molar-refractivity contribution in [2.75, 3.05) is 5.32 Å². The first-order valence-corrected chi connectivity index (χ1v) is 10.5. The Labute approximate surface area is 179 Å². The SMILES string of the molecule is CCc1ccc(C(=O)CC(Nc2ccc(F)cc2)c2ccc(C(C)(C)C)cc2)cc1. The smallest absolute Gasteiger partial charge is 0.165 e. The summed E-state index contributed by atoms with van der Waals surface area (Å²) >= 11 is 0. The lowest BCUT2D eigenvalue weighted by molar-refractivity contribution is 0.0976. The van der Waals surface area contributed by atoms with Gasteiger partial charge in [-0.05, 0) is 52.8 Å². The fourth-order valence-corrected chi connectivity index (χ4v) is 3.44. The average molecular weight is 404 g/mol. The predicted octanol–water partition coefficient (Wildman–Crippen LogP) is 7.11. The number of ketones is 1. The molecule has 2 nitrogen and oxygen atoms in total. The molecule has 3 aromatic rings. The molecule has 0 saturated heterocycles. The van der Waals surface area contributed by atoms with Gasteiger partial charge in [-0.25, -0.2) is 4.39 Å². The minimum absolute atomic E-state index is 0.0647. The van der Waals surface area contributed by atoms with E-state index in [1.165, 1.54) is 23.3 Å². The molecule has 0 saturated carbocycles. The number of carbonyl (C=O) groups excluding carboxylic acids is 1. The molecule has 0 radical (unpaired) electrons. The van der Waals surface area contributed by atoms with E-state index >= 15 is 0 Å². The summed E-state index contributed by atoms with van der Waals surface area (Å²) in [7, 11) is 0. The molecule has 0 heterocycles. The van der Waals surface area contributed by atoms with E-state index in [1.54, 1.807) is 12.1 Å². The van der Waals surface area contributed by atoms with Gasteiger partial charge < -0.3 is 5.32 Å². The zero-order valence-electron chi connectivity index (χ0n) is 18.2. The summed E-state index contributed by atoms with van der Waals surface area (Å²) in [6.07, 6.45) is 1.26. The molecule has 1 unspecified atom stereocenters. The Balaban J connectivity index is 1.86. The van der Waals surface area contributed by atoms with E-state index in [0.29, 0.717) is 12.0 Å². The Morgan fingerprint density at radius 1 is 0.900 bits per heavy atom. The highest BCUT2D eigenvalue weighted by Gasteiger charge is 2.19. The Bertz CT molecular complexity index is 967. The molecular formula is C27H30FNO. The van der Waals surface area contributed by atoms with Crippen LogP contribution in [0, 0.1) is 5.82 Å². The van der Waals surface area contributed by atoms with Crippen molar-refractivity contribution in [1.29, 1.82) is 0 Å². The van der Waals surface area contributed by atoms with Gasteiger partial charge in [0.25, 0.3) is 0 Å². The summed E-state index contributed by atoms with van der Waals surface area (Å²) in [5.74, 6) is -0.198. The highest BCUT2D eigenvalue weighted by atomic mass is 19.1. The number of anilines is 1. The number of nitrogens with one attached hydrogen (secondary N) is 1. The van der Waals surface area contributed by atoms with E-state index < -0.39 is 0 Å². The molecule has 0 bridgehead atoms. The van der Waals surface area contributed by atoms with Crippen LogP contribution >= 0.6 is 0 Å². The molecule has 3 rings (SSSR count). The summed E-state index contributed by atoms with van der Waals surface area (Å²) in [5.41, 5.74) is 5.05. The van der Waals surface area contributed by atoms with Gasteiger partial charge in [-0.2, -0.15) is 0 Å². The maximum Gasteiger partial charge on any atom is 0.165 e. The fourth-order valence-electron chi connectivity index (χ4n) is 3.44. The van der Waals surface area contributed by atoms with E-state index in [4.69, 9.17) is 0 Å². The van der Waals surface area contributed by atoms with Gasteiger partial charge in [0.15, 0.2) is 5.78 Å². The maximum absolute atomic E-state index is 13.3. The minimum Gasteiger partial charge on any atom is -0.378 e. The second-order valence-electron chi connectivity index (χ2n) is 8.75. The normalized spacial score (nSPS) is 12.4. The van der Waals surface area contributed by atoms with Crippen molar-refractivity contribution in [3.05, 3.63) is 101 Å². The number of carbonyl (C=O) groups is 1. The molecule has 1 N–H and O–H groups in total. The van der Waals surface area contributed by atoms with Crippen molar-refractivity contribution >= 4 is 11.5 Å². The number of aryl methyl sites for hydroxylation is 1. The lowest BCUT2D eigenvalue weighted by atomic mass is 9.86. The van der Waals surface area contributed by atoms with Crippen LogP contribution in [0.5, 0.6) is 0 Å². The van der Waals surface area contributed by atoms with Crippen LogP contribution in [-0.4, -0.2) is 5.78 Å². The van der Waals surface area contributed by atoms with E-state index in [0.717, 1.165) is 17.7 Å². The summed E-state index contributed by atoms with van der Waals surface area (Å²) < 4.78 is 13.3. The van der Waals surface area contributed by atoms with Gasteiger partial charge in [0.05, 0.1) is 6.04 Å². The monoisotopic (exact) mass is 403 g/mol. The topological polar surface area (TPSA) is 29.1 Å². The van der Waals surface area contributed by atoms with Crippen LogP contribution in [0.3, 0.4) is 0 Å². The zero-order valence-corrected chi connectivity index (χ0v) is 18.2. The molecule has 0 aliphatic carbocycles. The first-order chi connectivity index (χ1) is 14.3. The molecular weight excluding hydrogens is 373 g/mol. The maximum atomic E-state index is 13.3. The largest absolute Gasteiger partial charge is 0.378 e. The second-order valence-corrected chi connectivity index (χ2v) is 8.75. The van der Waals surface area contributed by atoms with Crippen LogP contribution in [-0.2, 0) is 11.8 Å². The van der Waals surface area contributed by atoms with Gasteiger partial charge in [0, 0.05) is 17.7 Å². The Morgan fingerprint density at radius 2 is 1.50 bits per heavy atom. The van der Waals surface area contributed by atoms with Gasteiger partial charge in [0.2, 0.25) is 0 Å². The third kappa shape index (κ3) is 5.56. The Kier molecular flexibility index (Phi) is 6.71. The van der Waals surface area contributed by atoms with Crippen molar-refractivity contribution in [2.45, 2.75) is 52.0 Å². The molecule has 156 valence electrons. The van der Waals surface area contributed by atoms with Crippen molar-refractivity contribution in [1.82, 2.24) is 0 Å². The zero-order chi connectivity index (χ0) is 21.7. The molecule has 0 amide bonds. The van der Waals surface area contributed by atoms with Gasteiger partial charge >= 0.3 is 0 Å².